The maximum atomic E-state index is 13.1. The van der Waals surface area contributed by atoms with Crippen molar-refractivity contribution in [3.63, 3.8) is 0 Å². The molecule has 1 heterocycles. The summed E-state index contributed by atoms with van der Waals surface area (Å²) in [6, 6.07) is 12.1. The Morgan fingerprint density at radius 3 is 2.61 bits per heavy atom. The van der Waals surface area contributed by atoms with Crippen LogP contribution in [0.3, 0.4) is 0 Å². The van der Waals surface area contributed by atoms with E-state index in [1.807, 2.05) is 0 Å². The van der Waals surface area contributed by atoms with Gasteiger partial charge in [-0.3, -0.25) is 9.59 Å². The quantitative estimate of drug-likeness (QED) is 0.554. The van der Waals surface area contributed by atoms with Crippen LogP contribution in [-0.4, -0.2) is 17.5 Å². The fourth-order valence-electron chi connectivity index (χ4n) is 3.53. The highest BCUT2D eigenvalue weighted by Gasteiger charge is 2.28. The van der Waals surface area contributed by atoms with E-state index in [9.17, 15) is 14.0 Å². The zero-order valence-corrected chi connectivity index (χ0v) is 17.4. The number of carbonyl (C=O) groups is 2. The number of amides is 2. The van der Waals surface area contributed by atoms with Crippen molar-refractivity contribution in [3.05, 3.63) is 87.6 Å². The Morgan fingerprint density at radius 2 is 1.87 bits per heavy atom. The van der Waals surface area contributed by atoms with Gasteiger partial charge in [0, 0.05) is 33.8 Å². The number of halogens is 2. The number of anilines is 1. The lowest BCUT2D eigenvalue weighted by Crippen LogP contribution is -2.22. The van der Waals surface area contributed by atoms with Crippen molar-refractivity contribution in [1.82, 2.24) is 5.43 Å². The van der Waals surface area contributed by atoms with Gasteiger partial charge in [-0.1, -0.05) is 17.7 Å². The van der Waals surface area contributed by atoms with Crippen LogP contribution in [-0.2, 0) is 6.42 Å². The van der Waals surface area contributed by atoms with Gasteiger partial charge in [0.25, 0.3) is 11.8 Å². The average molecular weight is 440 g/mol. The van der Waals surface area contributed by atoms with E-state index in [1.54, 1.807) is 31.2 Å². The topological polar surface area (TPSA) is 83.7 Å². The summed E-state index contributed by atoms with van der Waals surface area (Å²) < 4.78 is 18.9. The van der Waals surface area contributed by atoms with Gasteiger partial charge in [-0.2, -0.15) is 5.10 Å². The molecule has 158 valence electrons. The van der Waals surface area contributed by atoms with Gasteiger partial charge in [0.2, 0.25) is 0 Å². The zero-order chi connectivity index (χ0) is 22.0. The number of aryl methyl sites for hydroxylation is 1. The second-order valence-electron chi connectivity index (χ2n) is 7.18. The summed E-state index contributed by atoms with van der Waals surface area (Å²) in [5.41, 5.74) is 5.45. The standard InChI is InChI=1S/C23H19ClFN3O3/c1-13-20-18(27-28-22(29)14-4-2-5-15(24)12-14)6-3-7-19(20)31-21(13)23(30)26-17-10-8-16(25)9-11-17/h2,4-5,8-12H,3,6-7H2,1H3,(H,26,30)(H,28,29)/b27-18+. The van der Waals surface area contributed by atoms with E-state index in [1.165, 1.54) is 24.3 Å². The van der Waals surface area contributed by atoms with E-state index in [0.29, 0.717) is 46.2 Å². The van der Waals surface area contributed by atoms with Gasteiger partial charge in [-0.15, -0.1) is 0 Å². The molecule has 4 rings (SSSR count). The van der Waals surface area contributed by atoms with Gasteiger partial charge >= 0.3 is 0 Å². The Balaban J connectivity index is 1.56. The first-order valence-corrected chi connectivity index (χ1v) is 10.1. The number of carbonyl (C=O) groups excluding carboxylic acids is 2. The lowest BCUT2D eigenvalue weighted by atomic mass is 9.93. The molecule has 0 fully saturated rings. The van der Waals surface area contributed by atoms with E-state index < -0.39 is 5.91 Å². The van der Waals surface area contributed by atoms with Crippen LogP contribution >= 0.6 is 11.6 Å². The molecule has 0 aliphatic heterocycles. The molecular weight excluding hydrogens is 421 g/mol. The summed E-state index contributed by atoms with van der Waals surface area (Å²) in [5, 5.41) is 7.47. The van der Waals surface area contributed by atoms with Gasteiger partial charge < -0.3 is 9.73 Å². The molecule has 0 saturated carbocycles. The molecule has 2 aromatic carbocycles. The zero-order valence-electron chi connectivity index (χ0n) is 16.7. The van der Waals surface area contributed by atoms with Crippen molar-refractivity contribution in [2.24, 2.45) is 5.10 Å². The minimum absolute atomic E-state index is 0.171. The van der Waals surface area contributed by atoms with Gasteiger partial charge in [-0.05, 0) is 62.2 Å². The summed E-state index contributed by atoms with van der Waals surface area (Å²) in [6.07, 6.45) is 2.09. The molecule has 31 heavy (non-hydrogen) atoms. The average Bonchev–Trinajstić information content (AvgIpc) is 3.11. The van der Waals surface area contributed by atoms with Crippen molar-refractivity contribution in [3.8, 4) is 0 Å². The van der Waals surface area contributed by atoms with Crippen LogP contribution in [0.2, 0.25) is 5.02 Å². The van der Waals surface area contributed by atoms with Crippen molar-refractivity contribution in [2.75, 3.05) is 5.32 Å². The van der Waals surface area contributed by atoms with Crippen LogP contribution in [0.4, 0.5) is 10.1 Å². The molecule has 8 heteroatoms. The highest BCUT2D eigenvalue weighted by molar-refractivity contribution is 6.31. The second-order valence-corrected chi connectivity index (χ2v) is 7.62. The summed E-state index contributed by atoms with van der Waals surface area (Å²) in [4.78, 5) is 25.1. The van der Waals surface area contributed by atoms with E-state index in [4.69, 9.17) is 16.0 Å². The Bertz CT molecular complexity index is 1190. The number of hydrogen-bond donors (Lipinski definition) is 2. The maximum Gasteiger partial charge on any atom is 0.291 e. The van der Waals surface area contributed by atoms with Crippen molar-refractivity contribution < 1.29 is 18.4 Å². The van der Waals surface area contributed by atoms with Gasteiger partial charge in [0.15, 0.2) is 5.76 Å². The number of rotatable bonds is 4. The predicted molar refractivity (Wildman–Crippen MR) is 116 cm³/mol. The monoisotopic (exact) mass is 439 g/mol. The fraction of sp³-hybridized carbons (Fsp3) is 0.174. The van der Waals surface area contributed by atoms with E-state index >= 15 is 0 Å². The van der Waals surface area contributed by atoms with Gasteiger partial charge in [0.1, 0.15) is 11.6 Å². The maximum absolute atomic E-state index is 13.1. The number of furan rings is 1. The fourth-order valence-corrected chi connectivity index (χ4v) is 3.72. The Hall–Kier alpha value is -3.45. The number of hydrogen-bond acceptors (Lipinski definition) is 4. The van der Waals surface area contributed by atoms with Crippen LogP contribution < -0.4 is 10.7 Å². The third-order valence-electron chi connectivity index (χ3n) is 5.01. The normalized spacial score (nSPS) is 14.2. The molecule has 1 aliphatic rings. The first kappa shape index (κ1) is 20.8. The van der Waals surface area contributed by atoms with Gasteiger partial charge in [-0.25, -0.2) is 9.82 Å². The molecule has 0 spiro atoms. The number of fused-ring (bicyclic) bond motifs is 1. The molecule has 0 bridgehead atoms. The minimum atomic E-state index is -0.430. The highest BCUT2D eigenvalue weighted by atomic mass is 35.5. The SMILES string of the molecule is Cc1c(C(=O)Nc2ccc(F)cc2)oc2c1/C(=N/NC(=O)c1cccc(Cl)c1)CCC2. The summed E-state index contributed by atoms with van der Waals surface area (Å²) >= 11 is 5.94. The van der Waals surface area contributed by atoms with E-state index in [-0.39, 0.29) is 17.5 Å². The molecule has 3 aromatic rings. The molecule has 1 aliphatic carbocycles. The van der Waals surface area contributed by atoms with Crippen LogP contribution in [0, 0.1) is 12.7 Å². The first-order chi connectivity index (χ1) is 14.9. The van der Waals surface area contributed by atoms with Crippen molar-refractivity contribution in [1.29, 1.82) is 0 Å². The molecule has 0 radical (unpaired) electrons. The molecule has 2 amide bonds. The number of hydrazone groups is 1. The lowest BCUT2D eigenvalue weighted by Gasteiger charge is -2.13. The van der Waals surface area contributed by atoms with Crippen molar-refractivity contribution in [2.45, 2.75) is 26.2 Å². The Morgan fingerprint density at radius 1 is 1.10 bits per heavy atom. The molecule has 2 N–H and O–H groups in total. The van der Waals surface area contributed by atoms with E-state index in [2.05, 4.69) is 15.8 Å². The van der Waals surface area contributed by atoms with Crippen molar-refractivity contribution >= 4 is 34.8 Å². The minimum Gasteiger partial charge on any atom is -0.455 e. The molecule has 0 saturated heterocycles. The highest BCUT2D eigenvalue weighted by Crippen LogP contribution is 2.30. The number of benzene rings is 2. The largest absolute Gasteiger partial charge is 0.455 e. The Labute approximate surface area is 183 Å². The van der Waals surface area contributed by atoms with Gasteiger partial charge in [0.05, 0.1) is 5.71 Å². The third-order valence-corrected chi connectivity index (χ3v) is 5.25. The predicted octanol–water partition coefficient (Wildman–Crippen LogP) is 5.10. The van der Waals surface area contributed by atoms with Crippen LogP contribution in [0.5, 0.6) is 0 Å². The first-order valence-electron chi connectivity index (χ1n) is 9.74. The Kier molecular flexibility index (Phi) is 5.86. The van der Waals surface area contributed by atoms with Crippen LogP contribution in [0.15, 0.2) is 58.0 Å². The summed E-state index contributed by atoms with van der Waals surface area (Å²) in [7, 11) is 0. The molecular formula is C23H19ClFN3O3. The molecule has 0 unspecified atom stereocenters. The van der Waals surface area contributed by atoms with Crippen LogP contribution in [0.1, 0.15) is 50.6 Å². The summed E-state index contributed by atoms with van der Waals surface area (Å²) in [5.74, 6) is -0.365. The number of nitrogens with zero attached hydrogens (tertiary/aromatic N) is 1. The number of nitrogens with one attached hydrogen (secondary N) is 2. The third kappa shape index (κ3) is 4.51. The summed E-state index contributed by atoms with van der Waals surface area (Å²) in [6.45, 7) is 1.78. The van der Waals surface area contributed by atoms with E-state index in [0.717, 1.165) is 12.0 Å². The molecule has 6 nitrogen and oxygen atoms in total. The molecule has 0 atom stereocenters. The molecule has 1 aromatic heterocycles. The lowest BCUT2D eigenvalue weighted by molar-refractivity contribution is 0.0953. The second kappa shape index (κ2) is 8.73. The van der Waals surface area contributed by atoms with Crippen LogP contribution in [0.25, 0.3) is 0 Å². The smallest absolute Gasteiger partial charge is 0.291 e.